The fourth-order valence-corrected chi connectivity index (χ4v) is 1.02. The molecule has 1 aromatic rings. The summed E-state index contributed by atoms with van der Waals surface area (Å²) in [4.78, 5) is 8.35. The van der Waals surface area contributed by atoms with Gasteiger partial charge in [-0.25, -0.2) is 4.98 Å². The van der Waals surface area contributed by atoms with Crippen molar-refractivity contribution in [1.29, 1.82) is 0 Å². The Hall–Kier alpha value is -1.36. The van der Waals surface area contributed by atoms with E-state index in [2.05, 4.69) is 20.6 Å². The smallest absolute Gasteiger partial charge is 0.147 e. The van der Waals surface area contributed by atoms with Crippen molar-refractivity contribution in [2.75, 3.05) is 17.7 Å². The van der Waals surface area contributed by atoms with Crippen molar-refractivity contribution in [3.63, 3.8) is 0 Å². The van der Waals surface area contributed by atoms with Gasteiger partial charge in [0.25, 0.3) is 0 Å². The third kappa shape index (κ3) is 2.82. The van der Waals surface area contributed by atoms with Crippen molar-refractivity contribution in [3.05, 3.63) is 12.4 Å². The normalized spacial score (nSPS) is 12.4. The van der Waals surface area contributed by atoms with E-state index < -0.39 is 11.1 Å². The van der Waals surface area contributed by atoms with E-state index in [1.54, 1.807) is 33.3 Å². The van der Waals surface area contributed by atoms with E-state index in [0.29, 0.717) is 11.6 Å². The van der Waals surface area contributed by atoms with Crippen molar-refractivity contribution < 1.29 is 5.11 Å². The molecule has 0 saturated heterocycles. The summed E-state index contributed by atoms with van der Waals surface area (Å²) in [5, 5.41) is 16.1. The molecule has 5 heteroatoms. The predicted octanol–water partition coefficient (Wildman–Crippen LogP) is 1.48. The number of aromatic nitrogens is 2. The quantitative estimate of drug-likeness (QED) is 0.722. The molecule has 16 heavy (non-hydrogen) atoms. The van der Waals surface area contributed by atoms with Crippen LogP contribution in [0.2, 0.25) is 0 Å². The number of rotatable bonds is 4. The lowest BCUT2D eigenvalue weighted by Gasteiger charge is -2.38. The van der Waals surface area contributed by atoms with E-state index in [9.17, 15) is 5.11 Å². The van der Waals surface area contributed by atoms with E-state index in [1.807, 2.05) is 13.8 Å². The van der Waals surface area contributed by atoms with Gasteiger partial charge in [0.1, 0.15) is 11.6 Å². The van der Waals surface area contributed by atoms with Crippen LogP contribution in [0, 0.1) is 0 Å². The summed E-state index contributed by atoms with van der Waals surface area (Å²) in [5.41, 5.74) is -1.35. The number of hydrogen-bond donors (Lipinski definition) is 3. The monoisotopic (exact) mass is 224 g/mol. The Balaban J connectivity index is 2.88. The summed E-state index contributed by atoms with van der Waals surface area (Å²) < 4.78 is 0. The van der Waals surface area contributed by atoms with Crippen LogP contribution in [-0.2, 0) is 0 Å². The van der Waals surface area contributed by atoms with Crippen LogP contribution in [0.1, 0.15) is 27.7 Å². The molecule has 0 radical (unpaired) electrons. The summed E-state index contributed by atoms with van der Waals surface area (Å²) in [7, 11) is 1.79. The van der Waals surface area contributed by atoms with E-state index in [1.165, 1.54) is 0 Å². The van der Waals surface area contributed by atoms with Crippen molar-refractivity contribution >= 4 is 11.6 Å². The first kappa shape index (κ1) is 12.7. The standard InChI is InChI=1S/C11H20N4O/c1-10(2,11(3,4)16)15-9-7-13-6-8(12-5)14-9/h6-7,16H,1-5H3,(H2,12,14,15). The first-order chi connectivity index (χ1) is 7.26. The number of hydrogen-bond acceptors (Lipinski definition) is 5. The molecule has 0 aliphatic carbocycles. The second-order valence-corrected chi connectivity index (χ2v) is 4.85. The van der Waals surface area contributed by atoms with Gasteiger partial charge in [-0.3, -0.25) is 4.98 Å². The zero-order valence-electron chi connectivity index (χ0n) is 10.5. The molecule has 0 fully saturated rings. The average molecular weight is 224 g/mol. The van der Waals surface area contributed by atoms with E-state index in [4.69, 9.17) is 0 Å². The third-order valence-corrected chi connectivity index (χ3v) is 2.86. The molecule has 0 atom stereocenters. The predicted molar refractivity (Wildman–Crippen MR) is 65.6 cm³/mol. The molecule has 1 aromatic heterocycles. The molecule has 0 aromatic carbocycles. The van der Waals surface area contributed by atoms with E-state index in [-0.39, 0.29) is 0 Å². The van der Waals surface area contributed by atoms with Crippen molar-refractivity contribution in [3.8, 4) is 0 Å². The molecule has 1 rings (SSSR count). The highest BCUT2D eigenvalue weighted by molar-refractivity contribution is 5.43. The Kier molecular flexibility index (Phi) is 3.38. The SMILES string of the molecule is CNc1cncc(NC(C)(C)C(C)(C)O)n1. The average Bonchev–Trinajstić information content (AvgIpc) is 2.15. The van der Waals surface area contributed by atoms with Gasteiger partial charge in [-0.2, -0.15) is 0 Å². The fraction of sp³-hybridized carbons (Fsp3) is 0.636. The molecule has 0 spiro atoms. The van der Waals surface area contributed by atoms with Crippen molar-refractivity contribution in [1.82, 2.24) is 9.97 Å². The summed E-state index contributed by atoms with van der Waals surface area (Å²) in [6, 6.07) is 0. The topological polar surface area (TPSA) is 70.1 Å². The molecule has 0 aliphatic rings. The summed E-state index contributed by atoms with van der Waals surface area (Å²) in [5.74, 6) is 1.33. The molecule has 0 aliphatic heterocycles. The van der Waals surface area contributed by atoms with Gasteiger partial charge in [-0.1, -0.05) is 0 Å². The maximum absolute atomic E-state index is 10.0. The molecule has 3 N–H and O–H groups in total. The highest BCUT2D eigenvalue weighted by Gasteiger charge is 2.35. The Labute approximate surface area is 96.3 Å². The van der Waals surface area contributed by atoms with Crippen LogP contribution in [0.25, 0.3) is 0 Å². The Morgan fingerprint density at radius 2 is 1.69 bits per heavy atom. The Morgan fingerprint density at radius 1 is 1.12 bits per heavy atom. The van der Waals surface area contributed by atoms with Crippen LogP contribution in [-0.4, -0.2) is 33.3 Å². The van der Waals surface area contributed by atoms with Crippen LogP contribution in [0.15, 0.2) is 12.4 Å². The molecule has 0 amide bonds. The maximum atomic E-state index is 10.0. The lowest BCUT2D eigenvalue weighted by atomic mass is 9.86. The number of aliphatic hydroxyl groups is 1. The minimum Gasteiger partial charge on any atom is -0.388 e. The lowest BCUT2D eigenvalue weighted by Crippen LogP contribution is -2.51. The van der Waals surface area contributed by atoms with Crippen molar-refractivity contribution in [2.45, 2.75) is 38.8 Å². The van der Waals surface area contributed by atoms with Gasteiger partial charge in [-0.15, -0.1) is 0 Å². The number of nitrogens with one attached hydrogen (secondary N) is 2. The molecule has 90 valence electrons. The zero-order valence-corrected chi connectivity index (χ0v) is 10.5. The molecular weight excluding hydrogens is 204 g/mol. The number of anilines is 2. The minimum absolute atomic E-state index is 0.492. The van der Waals surface area contributed by atoms with Crippen LogP contribution in [0.5, 0.6) is 0 Å². The van der Waals surface area contributed by atoms with Gasteiger partial charge in [0.15, 0.2) is 0 Å². The third-order valence-electron chi connectivity index (χ3n) is 2.86. The van der Waals surface area contributed by atoms with Crippen LogP contribution < -0.4 is 10.6 Å². The van der Waals surface area contributed by atoms with Crippen LogP contribution >= 0.6 is 0 Å². The highest BCUT2D eigenvalue weighted by Crippen LogP contribution is 2.24. The first-order valence-corrected chi connectivity index (χ1v) is 5.26. The summed E-state index contributed by atoms with van der Waals surface area (Å²) in [6.07, 6.45) is 3.27. The molecule has 0 unspecified atom stereocenters. The molecular formula is C11H20N4O. The van der Waals surface area contributed by atoms with Gasteiger partial charge in [0.2, 0.25) is 0 Å². The van der Waals surface area contributed by atoms with Gasteiger partial charge in [0, 0.05) is 7.05 Å². The molecule has 5 nitrogen and oxygen atoms in total. The van der Waals surface area contributed by atoms with Crippen LogP contribution in [0.4, 0.5) is 11.6 Å². The second-order valence-electron chi connectivity index (χ2n) is 4.85. The summed E-state index contributed by atoms with van der Waals surface area (Å²) >= 11 is 0. The van der Waals surface area contributed by atoms with Crippen LogP contribution in [0.3, 0.4) is 0 Å². The first-order valence-electron chi connectivity index (χ1n) is 5.26. The van der Waals surface area contributed by atoms with E-state index >= 15 is 0 Å². The highest BCUT2D eigenvalue weighted by atomic mass is 16.3. The lowest BCUT2D eigenvalue weighted by molar-refractivity contribution is 0.0238. The second kappa shape index (κ2) is 4.25. The van der Waals surface area contributed by atoms with E-state index in [0.717, 1.165) is 0 Å². The van der Waals surface area contributed by atoms with Gasteiger partial charge in [0.05, 0.1) is 23.5 Å². The van der Waals surface area contributed by atoms with Gasteiger partial charge in [-0.05, 0) is 27.7 Å². The maximum Gasteiger partial charge on any atom is 0.147 e. The van der Waals surface area contributed by atoms with Gasteiger partial charge < -0.3 is 15.7 Å². The fourth-order valence-electron chi connectivity index (χ4n) is 1.02. The largest absolute Gasteiger partial charge is 0.388 e. The minimum atomic E-state index is -0.857. The number of nitrogens with zero attached hydrogens (tertiary/aromatic N) is 2. The molecule has 0 saturated carbocycles. The van der Waals surface area contributed by atoms with Crippen molar-refractivity contribution in [2.24, 2.45) is 0 Å². The zero-order chi connectivity index (χ0) is 12.4. The summed E-state index contributed by atoms with van der Waals surface area (Å²) in [6.45, 7) is 7.35. The Morgan fingerprint density at radius 3 is 2.19 bits per heavy atom. The molecule has 1 heterocycles. The van der Waals surface area contributed by atoms with Gasteiger partial charge >= 0.3 is 0 Å². The Bertz CT molecular complexity index is 357. The molecule has 0 bridgehead atoms.